The fraction of sp³-hybridized carbons (Fsp3) is 0.367. The number of unbranched alkanes of at least 4 members (excludes halogenated alkanes) is 2. The molecular formula is C60H59N6O10+. The zero-order valence-corrected chi connectivity index (χ0v) is 43.5. The van der Waals surface area contributed by atoms with Gasteiger partial charge in [-0.25, -0.2) is 4.58 Å². The highest BCUT2D eigenvalue weighted by Gasteiger charge is 2.44. The first kappa shape index (κ1) is 52.4. The van der Waals surface area contributed by atoms with Crippen molar-refractivity contribution in [1.82, 2.24) is 18.3 Å². The van der Waals surface area contributed by atoms with E-state index in [1.54, 1.807) is 26.0 Å². The van der Waals surface area contributed by atoms with Crippen LogP contribution in [0.4, 0.5) is 5.69 Å². The number of carbonyl (C=O) groups excluding carboxylic acids is 1. The summed E-state index contributed by atoms with van der Waals surface area (Å²) in [7, 11) is 0. The molecule has 0 fully saturated rings. The summed E-state index contributed by atoms with van der Waals surface area (Å²) < 4.78 is 6.52. The van der Waals surface area contributed by atoms with Crippen LogP contribution < -0.4 is 49.4 Å². The lowest BCUT2D eigenvalue weighted by molar-refractivity contribution is -0.524. The lowest BCUT2D eigenvalue weighted by atomic mass is 9.71. The van der Waals surface area contributed by atoms with Crippen LogP contribution in [0.1, 0.15) is 97.7 Å². The van der Waals surface area contributed by atoms with Crippen LogP contribution in [0, 0.1) is 35.5 Å². The second-order valence-electron chi connectivity index (χ2n) is 19.5. The number of likely N-dealkylation sites (N-methyl/N-ethyl adjacent to an activating group) is 2. The quantitative estimate of drug-likeness (QED) is 0.0786. The highest BCUT2D eigenvalue weighted by atomic mass is 16.3. The number of fused-ring (bicyclic) bond motifs is 4. The molecule has 16 heteroatoms. The fourth-order valence-electron chi connectivity index (χ4n) is 11.0. The van der Waals surface area contributed by atoms with Crippen LogP contribution in [0.2, 0.25) is 0 Å². The average molecular weight is 1020 g/mol. The third kappa shape index (κ3) is 8.85. The molecule has 0 spiro atoms. The van der Waals surface area contributed by atoms with Gasteiger partial charge in [-0.1, -0.05) is 75.7 Å². The van der Waals surface area contributed by atoms with Gasteiger partial charge in [0.05, 0.1) is 61.1 Å². The number of hydrogen-bond donors (Lipinski definition) is 1. The van der Waals surface area contributed by atoms with Crippen LogP contribution in [-0.2, 0) is 17.9 Å². The number of aliphatic hydroxyl groups excluding tert-OH is 1. The molecule has 3 aromatic carbocycles. The van der Waals surface area contributed by atoms with E-state index >= 15 is 0 Å². The smallest absolute Gasteiger partial charge is 0.262 e. The van der Waals surface area contributed by atoms with E-state index in [4.69, 9.17) is 0 Å². The fourth-order valence-corrected chi connectivity index (χ4v) is 11.0. The Bertz CT molecular complexity index is 4060. The number of aliphatic hydroxyl groups is 1. The molecule has 388 valence electrons. The number of rotatable bonds is 19. The van der Waals surface area contributed by atoms with Gasteiger partial charge in [0, 0.05) is 43.4 Å². The number of nitrogens with zero attached hydrogens (tertiary/aromatic N) is 6. The highest BCUT2D eigenvalue weighted by molar-refractivity contribution is 6.30. The molecule has 4 heterocycles. The van der Waals surface area contributed by atoms with Crippen molar-refractivity contribution in [2.24, 2.45) is 11.8 Å². The molecule has 76 heavy (non-hydrogen) atoms. The Morgan fingerprint density at radius 2 is 1.01 bits per heavy atom. The van der Waals surface area contributed by atoms with Crippen molar-refractivity contribution in [2.45, 2.75) is 105 Å². The molecule has 0 amide bonds. The average Bonchev–Trinajstić information content (AvgIpc) is 4.01. The number of hydrogen-bond acceptors (Lipinski definition) is 11. The Kier molecular flexibility index (Phi) is 14.7. The third-order valence-corrected chi connectivity index (χ3v) is 15.2. The van der Waals surface area contributed by atoms with Gasteiger partial charge in [-0.15, -0.1) is 11.8 Å². The summed E-state index contributed by atoms with van der Waals surface area (Å²) in [4.78, 5) is 124. The summed E-state index contributed by atoms with van der Waals surface area (Å²) in [5.74, 6) is 10.1. The zero-order chi connectivity index (χ0) is 54.3. The minimum Gasteiger partial charge on any atom is -0.511 e. The molecule has 0 bridgehead atoms. The van der Waals surface area contributed by atoms with Gasteiger partial charge in [0.1, 0.15) is 24.4 Å². The van der Waals surface area contributed by atoms with E-state index in [1.165, 1.54) is 24.3 Å². The van der Waals surface area contributed by atoms with Gasteiger partial charge >= 0.3 is 0 Å². The maximum Gasteiger partial charge on any atom is 0.262 e. The first-order valence-corrected chi connectivity index (χ1v) is 26.1. The molecule has 4 aromatic heterocycles. The number of benzene rings is 3. The molecule has 0 aliphatic heterocycles. The Labute approximate surface area is 435 Å². The van der Waals surface area contributed by atoms with Crippen LogP contribution in [-0.4, -0.2) is 65.6 Å². The summed E-state index contributed by atoms with van der Waals surface area (Å²) in [6.07, 6.45) is 11.7. The molecular weight excluding hydrogens is 965 g/mol. The second kappa shape index (κ2) is 21.4. The molecule has 16 nitrogen and oxygen atoms in total. The summed E-state index contributed by atoms with van der Waals surface area (Å²) >= 11 is 0. The molecule has 9 rings (SSSR count). The number of carbonyl (C=O) groups is 1. The first-order chi connectivity index (χ1) is 36.6. The molecule has 7 aromatic rings. The normalized spacial score (nSPS) is 16.1. The molecule has 2 aliphatic rings. The number of allylic oxidation sites excluding steroid dienone is 6. The highest BCUT2D eigenvalue weighted by Crippen LogP contribution is 2.42. The van der Waals surface area contributed by atoms with Crippen molar-refractivity contribution in [3.8, 4) is 23.7 Å². The van der Waals surface area contributed by atoms with Gasteiger partial charge in [0.2, 0.25) is 0 Å². The summed E-state index contributed by atoms with van der Waals surface area (Å²) in [6.45, 7) is 12.9. The maximum absolute atomic E-state index is 13.7. The standard InChI is InChI=1S/C60H58N6O10/c1-7-13-17-39(15-9-3)65-57(73)45-31-41-42(32-46(45)58(65)74)54(70)63(53(41)69)29-27-61(11-5)37-23-19-35(20-24-37)49-51(67)50(52(49)68)36-21-25-38(26-22-36)62(12-6)28-30-64-55(71)43-33-47-48(34-44(43)56(64)72)60(76)66(59(47)75)40(16-10-4)18-14-8-2/h19-26,31-35,39-40,49H,7-8,11-14,17-18,27-30H2,1-6H3/p+1. The molecule has 3 atom stereocenters. The van der Waals surface area contributed by atoms with Crippen LogP contribution in [0.25, 0.3) is 48.7 Å². The zero-order valence-electron chi connectivity index (χ0n) is 43.5. The lowest BCUT2D eigenvalue weighted by Crippen LogP contribution is -2.36. The number of Topliss-reactive ketones (excluding diaryl/α,β-unsaturated/α-hetero) is 1. The van der Waals surface area contributed by atoms with E-state index < -0.39 is 68.4 Å². The second-order valence-corrected chi connectivity index (χ2v) is 19.5. The summed E-state index contributed by atoms with van der Waals surface area (Å²) in [5, 5.41) is 12.0. The van der Waals surface area contributed by atoms with Crippen LogP contribution in [0.5, 0.6) is 0 Å². The van der Waals surface area contributed by atoms with Gasteiger partial charge in [0.25, 0.3) is 44.5 Å². The van der Waals surface area contributed by atoms with Crippen molar-refractivity contribution in [2.75, 3.05) is 31.1 Å². The number of aromatic nitrogens is 4. The van der Waals surface area contributed by atoms with Crippen LogP contribution >= 0.6 is 0 Å². The van der Waals surface area contributed by atoms with E-state index in [0.29, 0.717) is 31.5 Å². The van der Waals surface area contributed by atoms with Crippen molar-refractivity contribution < 1.29 is 14.5 Å². The summed E-state index contributed by atoms with van der Waals surface area (Å²) in [6, 6.07) is 11.4. The van der Waals surface area contributed by atoms with Crippen LogP contribution in [0.3, 0.4) is 0 Å². The third-order valence-electron chi connectivity index (χ3n) is 15.2. The molecule has 3 unspecified atom stereocenters. The predicted molar refractivity (Wildman–Crippen MR) is 299 cm³/mol. The van der Waals surface area contributed by atoms with E-state index in [-0.39, 0.29) is 86.4 Å². The maximum atomic E-state index is 13.7. The minimum atomic E-state index is -0.785. The van der Waals surface area contributed by atoms with Crippen molar-refractivity contribution in [3.63, 3.8) is 0 Å². The monoisotopic (exact) mass is 1020 g/mol. The van der Waals surface area contributed by atoms with Gasteiger partial charge in [0.15, 0.2) is 18.0 Å². The molecule has 0 radical (unpaired) electrons. The van der Waals surface area contributed by atoms with Gasteiger partial charge in [-0.3, -0.25) is 61.4 Å². The number of anilines is 1. The molecule has 1 N–H and O–H groups in total. The van der Waals surface area contributed by atoms with E-state index in [9.17, 15) is 48.3 Å². The van der Waals surface area contributed by atoms with Crippen molar-refractivity contribution in [1.29, 1.82) is 0 Å². The number of ketones is 1. The topological polar surface area (TPSA) is 200 Å². The summed E-state index contributed by atoms with van der Waals surface area (Å²) in [5.41, 5.74) is -1.99. The van der Waals surface area contributed by atoms with Gasteiger partial charge < -0.3 is 10.0 Å². The van der Waals surface area contributed by atoms with E-state index in [2.05, 4.69) is 23.7 Å². The minimum absolute atomic E-state index is 0.0301. The molecule has 2 aliphatic carbocycles. The van der Waals surface area contributed by atoms with E-state index in [1.807, 2.05) is 73.6 Å². The molecule has 0 saturated carbocycles. The lowest BCUT2D eigenvalue weighted by Gasteiger charge is -2.32. The first-order valence-electron chi connectivity index (χ1n) is 26.1. The van der Waals surface area contributed by atoms with Crippen LogP contribution in [0.15, 0.2) is 117 Å². The van der Waals surface area contributed by atoms with Gasteiger partial charge in [-0.2, -0.15) is 0 Å². The van der Waals surface area contributed by atoms with E-state index in [0.717, 1.165) is 55.4 Å². The van der Waals surface area contributed by atoms with Crippen molar-refractivity contribution in [3.05, 3.63) is 167 Å². The Morgan fingerprint density at radius 1 is 0.592 bits per heavy atom. The predicted octanol–water partition coefficient (Wildman–Crippen LogP) is 5.56. The Balaban J connectivity index is 0.864. The Morgan fingerprint density at radius 3 is 1.39 bits per heavy atom. The molecule has 0 saturated heterocycles. The van der Waals surface area contributed by atoms with Gasteiger partial charge in [-0.05, 0) is 82.5 Å². The SMILES string of the molecule is CC#CC(CCCC)n1c(=O)c2cc3c(=O)n(CCN(CC)c4ccc(C5=C(O)C(C6C=CC(=[N+](CC)CCn7c(=O)c8cc9c(=O)n(C(C#CC)CCCC)c(=O)c9cc8c7=O)C=C6)C5=O)cc4)c(=O)c3cc2c1=O. The Hall–Kier alpha value is -8.50. The van der Waals surface area contributed by atoms with Crippen molar-refractivity contribution >= 4 is 65.8 Å². The largest absolute Gasteiger partial charge is 0.511 e.